The Kier molecular flexibility index (Phi) is 2.07. The minimum absolute atomic E-state index is 0.00949. The molecule has 0 aromatic rings. The molecule has 0 atom stereocenters. The lowest BCUT2D eigenvalue weighted by Gasteiger charge is -2.39. The van der Waals surface area contributed by atoms with Gasteiger partial charge in [-0.15, -0.1) is 0 Å². The molecule has 2 rings (SSSR count). The fourth-order valence-corrected chi connectivity index (χ4v) is 1.87. The Bertz CT molecular complexity index is 230. The summed E-state index contributed by atoms with van der Waals surface area (Å²) in [7, 11) is 0. The van der Waals surface area contributed by atoms with Gasteiger partial charge in [0.15, 0.2) is 0 Å². The van der Waals surface area contributed by atoms with Crippen molar-refractivity contribution in [1.29, 1.82) is 0 Å². The van der Waals surface area contributed by atoms with Crippen molar-refractivity contribution in [3.63, 3.8) is 0 Å². The number of amides is 2. The van der Waals surface area contributed by atoms with Gasteiger partial charge < -0.3 is 5.32 Å². The third-order valence-electron chi connectivity index (χ3n) is 2.71. The van der Waals surface area contributed by atoms with E-state index < -0.39 is 0 Å². The summed E-state index contributed by atoms with van der Waals surface area (Å²) in [4.78, 5) is 24.5. The summed E-state index contributed by atoms with van der Waals surface area (Å²) >= 11 is 0. The molecule has 13 heavy (non-hydrogen) atoms. The number of nitrogens with one attached hydrogen (secondary N) is 1. The minimum atomic E-state index is 0.00949. The average molecular weight is 182 g/mol. The van der Waals surface area contributed by atoms with Crippen LogP contribution in [0.15, 0.2) is 0 Å². The topological polar surface area (TPSA) is 49.4 Å². The zero-order valence-electron chi connectivity index (χ0n) is 7.75. The SMILES string of the molecule is CC1CC(=O)N(C2CNC2)C(=O)C1. The van der Waals surface area contributed by atoms with Crippen molar-refractivity contribution in [3.05, 3.63) is 0 Å². The van der Waals surface area contributed by atoms with E-state index in [0.717, 1.165) is 13.1 Å². The summed E-state index contributed by atoms with van der Waals surface area (Å²) in [5.41, 5.74) is 0. The molecule has 0 radical (unpaired) electrons. The number of likely N-dealkylation sites (tertiary alicyclic amines) is 1. The second-order valence-electron chi connectivity index (χ2n) is 3.98. The van der Waals surface area contributed by atoms with Crippen LogP contribution in [0.2, 0.25) is 0 Å². The van der Waals surface area contributed by atoms with Crippen molar-refractivity contribution in [2.75, 3.05) is 13.1 Å². The Labute approximate surface area is 77.3 Å². The maximum atomic E-state index is 11.5. The highest BCUT2D eigenvalue weighted by Gasteiger charge is 2.37. The van der Waals surface area contributed by atoms with Gasteiger partial charge in [-0.1, -0.05) is 6.92 Å². The number of hydrogen-bond donors (Lipinski definition) is 1. The van der Waals surface area contributed by atoms with Gasteiger partial charge in [-0.2, -0.15) is 0 Å². The summed E-state index contributed by atoms with van der Waals surface area (Å²) in [5, 5.41) is 3.06. The molecular weight excluding hydrogens is 168 g/mol. The Hall–Kier alpha value is -0.900. The van der Waals surface area contributed by atoms with Gasteiger partial charge in [-0.25, -0.2) is 0 Å². The summed E-state index contributed by atoms with van der Waals surface area (Å²) in [6.07, 6.45) is 1.06. The largest absolute Gasteiger partial charge is 0.313 e. The van der Waals surface area contributed by atoms with Crippen molar-refractivity contribution >= 4 is 11.8 Å². The van der Waals surface area contributed by atoms with Gasteiger partial charge in [-0.05, 0) is 5.92 Å². The number of carbonyl (C=O) groups excluding carboxylic acids is 2. The molecule has 0 aromatic carbocycles. The van der Waals surface area contributed by atoms with E-state index in [-0.39, 0.29) is 23.8 Å². The third-order valence-corrected chi connectivity index (χ3v) is 2.71. The van der Waals surface area contributed by atoms with Gasteiger partial charge in [0, 0.05) is 25.9 Å². The van der Waals surface area contributed by atoms with Gasteiger partial charge in [0.25, 0.3) is 0 Å². The first-order valence-corrected chi connectivity index (χ1v) is 4.74. The Morgan fingerprint density at radius 2 is 1.77 bits per heavy atom. The molecule has 0 unspecified atom stereocenters. The normalized spacial score (nSPS) is 26.4. The van der Waals surface area contributed by atoms with Gasteiger partial charge >= 0.3 is 0 Å². The maximum absolute atomic E-state index is 11.5. The molecular formula is C9H14N2O2. The van der Waals surface area contributed by atoms with Crippen molar-refractivity contribution in [1.82, 2.24) is 10.2 Å². The van der Waals surface area contributed by atoms with Crippen LogP contribution in [0.3, 0.4) is 0 Å². The zero-order chi connectivity index (χ0) is 9.42. The highest BCUT2D eigenvalue weighted by molar-refractivity contribution is 5.98. The predicted molar refractivity (Wildman–Crippen MR) is 46.9 cm³/mol. The Balaban J connectivity index is 2.07. The molecule has 72 valence electrons. The van der Waals surface area contributed by atoms with Crippen LogP contribution in [-0.2, 0) is 9.59 Å². The highest BCUT2D eigenvalue weighted by atomic mass is 16.2. The van der Waals surface area contributed by atoms with Crippen LogP contribution in [0.5, 0.6) is 0 Å². The number of piperidine rings is 1. The van der Waals surface area contributed by atoms with E-state index in [1.165, 1.54) is 4.90 Å². The lowest BCUT2D eigenvalue weighted by atomic mass is 9.95. The van der Waals surface area contributed by atoms with E-state index in [1.54, 1.807) is 0 Å². The van der Waals surface area contributed by atoms with Crippen LogP contribution in [0.25, 0.3) is 0 Å². The smallest absolute Gasteiger partial charge is 0.229 e. The van der Waals surface area contributed by atoms with Gasteiger partial charge in [0.2, 0.25) is 11.8 Å². The summed E-state index contributed by atoms with van der Waals surface area (Å²) in [5.74, 6) is 0.245. The summed E-state index contributed by atoms with van der Waals surface area (Å²) in [6.45, 7) is 3.49. The van der Waals surface area contributed by atoms with Gasteiger partial charge in [0.05, 0.1) is 6.04 Å². The number of rotatable bonds is 1. The van der Waals surface area contributed by atoms with E-state index in [2.05, 4.69) is 5.32 Å². The second-order valence-corrected chi connectivity index (χ2v) is 3.98. The molecule has 0 aliphatic carbocycles. The fraction of sp³-hybridized carbons (Fsp3) is 0.778. The maximum Gasteiger partial charge on any atom is 0.229 e. The standard InChI is InChI=1S/C9H14N2O2/c1-6-2-8(12)11(9(13)3-6)7-4-10-5-7/h6-7,10H,2-5H2,1H3. The van der Waals surface area contributed by atoms with Crippen molar-refractivity contribution in [2.24, 2.45) is 5.92 Å². The van der Waals surface area contributed by atoms with Crippen LogP contribution in [0.4, 0.5) is 0 Å². The highest BCUT2D eigenvalue weighted by Crippen LogP contribution is 2.21. The number of nitrogens with zero attached hydrogens (tertiary/aromatic N) is 1. The molecule has 2 amide bonds. The van der Waals surface area contributed by atoms with Crippen LogP contribution in [0.1, 0.15) is 19.8 Å². The predicted octanol–water partition coefficient (Wildman–Crippen LogP) is -0.257. The minimum Gasteiger partial charge on any atom is -0.313 e. The van der Waals surface area contributed by atoms with Crippen molar-refractivity contribution in [3.8, 4) is 0 Å². The van der Waals surface area contributed by atoms with Crippen LogP contribution in [0, 0.1) is 5.92 Å². The molecule has 0 saturated carbocycles. The number of carbonyl (C=O) groups is 2. The molecule has 1 N–H and O–H groups in total. The third kappa shape index (κ3) is 1.46. The lowest BCUT2D eigenvalue weighted by molar-refractivity contribution is -0.153. The van der Waals surface area contributed by atoms with Crippen LogP contribution in [-0.4, -0.2) is 35.8 Å². The Morgan fingerprint density at radius 3 is 2.15 bits per heavy atom. The van der Waals surface area contributed by atoms with Crippen molar-refractivity contribution in [2.45, 2.75) is 25.8 Å². The average Bonchev–Trinajstić information content (AvgIpc) is 1.92. The number of hydrogen-bond acceptors (Lipinski definition) is 3. The van der Waals surface area contributed by atoms with E-state index in [4.69, 9.17) is 0 Å². The monoisotopic (exact) mass is 182 g/mol. The zero-order valence-corrected chi connectivity index (χ0v) is 7.75. The first-order chi connectivity index (χ1) is 6.18. The van der Waals surface area contributed by atoms with E-state index in [1.807, 2.05) is 6.92 Å². The molecule has 0 aromatic heterocycles. The number of imide groups is 1. The summed E-state index contributed by atoms with van der Waals surface area (Å²) < 4.78 is 0. The molecule has 2 heterocycles. The first-order valence-electron chi connectivity index (χ1n) is 4.74. The second kappa shape index (κ2) is 3.10. The van der Waals surface area contributed by atoms with E-state index in [0.29, 0.717) is 12.8 Å². The van der Waals surface area contributed by atoms with E-state index in [9.17, 15) is 9.59 Å². The van der Waals surface area contributed by atoms with Crippen LogP contribution < -0.4 is 5.32 Å². The molecule has 2 saturated heterocycles. The molecule has 2 aliphatic rings. The first kappa shape index (κ1) is 8.69. The quantitative estimate of drug-likeness (QED) is 0.568. The fourth-order valence-electron chi connectivity index (χ4n) is 1.87. The molecule has 2 aliphatic heterocycles. The Morgan fingerprint density at radius 1 is 1.23 bits per heavy atom. The van der Waals surface area contributed by atoms with Gasteiger partial charge in [0.1, 0.15) is 0 Å². The molecule has 0 bridgehead atoms. The molecule has 4 heteroatoms. The van der Waals surface area contributed by atoms with Crippen molar-refractivity contribution < 1.29 is 9.59 Å². The molecule has 4 nitrogen and oxygen atoms in total. The lowest BCUT2D eigenvalue weighted by Crippen LogP contribution is -2.62. The van der Waals surface area contributed by atoms with E-state index >= 15 is 0 Å². The van der Waals surface area contributed by atoms with Gasteiger partial charge in [-0.3, -0.25) is 14.5 Å². The summed E-state index contributed by atoms with van der Waals surface area (Å²) in [6, 6.07) is 0.132. The molecule has 0 spiro atoms. The molecule has 2 fully saturated rings. The van der Waals surface area contributed by atoms with Crippen LogP contribution >= 0.6 is 0 Å².